The lowest BCUT2D eigenvalue weighted by Gasteiger charge is -2.22. The van der Waals surface area contributed by atoms with Gasteiger partial charge in [-0.2, -0.15) is 0 Å². The van der Waals surface area contributed by atoms with Gasteiger partial charge in [-0.3, -0.25) is 4.79 Å². The van der Waals surface area contributed by atoms with Crippen molar-refractivity contribution in [3.8, 4) is 5.75 Å². The van der Waals surface area contributed by atoms with Crippen LogP contribution in [0.1, 0.15) is 74.8 Å². The molecule has 0 fully saturated rings. The standard InChI is InChI=1S/C29H37NO3/c1-20(2)27(24-12-14-25(15-13-24)33-21(3)4)19-29(31)30-17-16-26(28-7-6-18-32-28)23-10-8-22(5)9-11-23/h6-15,18,20-21,26-27H,16-17,19H2,1-5H3,(H,30,31). The molecule has 0 aliphatic rings. The van der Waals surface area contributed by atoms with E-state index >= 15 is 0 Å². The molecule has 2 unspecified atom stereocenters. The van der Waals surface area contributed by atoms with Crippen molar-refractivity contribution in [3.05, 3.63) is 89.4 Å². The summed E-state index contributed by atoms with van der Waals surface area (Å²) in [4.78, 5) is 12.8. The highest BCUT2D eigenvalue weighted by molar-refractivity contribution is 5.76. The fourth-order valence-corrected chi connectivity index (χ4v) is 4.19. The Morgan fingerprint density at radius 3 is 2.18 bits per heavy atom. The largest absolute Gasteiger partial charge is 0.491 e. The molecule has 33 heavy (non-hydrogen) atoms. The number of nitrogens with one attached hydrogen (secondary N) is 1. The summed E-state index contributed by atoms with van der Waals surface area (Å²) in [5, 5.41) is 3.14. The van der Waals surface area contributed by atoms with Gasteiger partial charge in [0.05, 0.1) is 12.4 Å². The van der Waals surface area contributed by atoms with Crippen molar-refractivity contribution in [3.63, 3.8) is 0 Å². The maximum Gasteiger partial charge on any atom is 0.220 e. The minimum absolute atomic E-state index is 0.0818. The Hall–Kier alpha value is -3.01. The van der Waals surface area contributed by atoms with Gasteiger partial charge in [-0.05, 0) is 74.4 Å². The third-order valence-electron chi connectivity index (χ3n) is 6.01. The summed E-state index contributed by atoms with van der Waals surface area (Å²) in [7, 11) is 0. The van der Waals surface area contributed by atoms with Gasteiger partial charge in [0.1, 0.15) is 11.5 Å². The van der Waals surface area contributed by atoms with Crippen LogP contribution in [0.3, 0.4) is 0 Å². The summed E-state index contributed by atoms with van der Waals surface area (Å²) in [6.45, 7) is 11.1. The zero-order chi connectivity index (χ0) is 23.8. The Morgan fingerprint density at radius 2 is 1.61 bits per heavy atom. The number of furan rings is 1. The van der Waals surface area contributed by atoms with Crippen LogP contribution >= 0.6 is 0 Å². The monoisotopic (exact) mass is 447 g/mol. The zero-order valence-electron chi connectivity index (χ0n) is 20.5. The summed E-state index contributed by atoms with van der Waals surface area (Å²) in [6.07, 6.45) is 3.11. The lowest BCUT2D eigenvalue weighted by molar-refractivity contribution is -0.121. The van der Waals surface area contributed by atoms with E-state index in [1.807, 2.05) is 38.1 Å². The lowest BCUT2D eigenvalue weighted by atomic mass is 9.85. The number of carbonyl (C=O) groups is 1. The van der Waals surface area contributed by atoms with Crippen LogP contribution in [0, 0.1) is 12.8 Å². The molecule has 0 bridgehead atoms. The number of amides is 1. The van der Waals surface area contributed by atoms with E-state index in [0.29, 0.717) is 18.9 Å². The maximum atomic E-state index is 12.8. The SMILES string of the molecule is Cc1ccc(C(CCNC(=O)CC(c2ccc(OC(C)C)cc2)C(C)C)c2ccco2)cc1. The summed E-state index contributed by atoms with van der Waals surface area (Å²) in [6, 6.07) is 20.6. The molecule has 1 amide bonds. The van der Waals surface area contributed by atoms with E-state index in [0.717, 1.165) is 17.9 Å². The maximum absolute atomic E-state index is 12.8. The van der Waals surface area contributed by atoms with Crippen LogP contribution in [0.25, 0.3) is 0 Å². The second-order valence-electron chi connectivity index (χ2n) is 9.41. The van der Waals surface area contributed by atoms with Gasteiger partial charge < -0.3 is 14.5 Å². The Balaban J connectivity index is 1.59. The summed E-state index contributed by atoms with van der Waals surface area (Å²) < 4.78 is 11.5. The molecule has 4 nitrogen and oxygen atoms in total. The minimum Gasteiger partial charge on any atom is -0.491 e. The van der Waals surface area contributed by atoms with Crippen LogP contribution in [0.5, 0.6) is 5.75 Å². The van der Waals surface area contributed by atoms with Crippen molar-refractivity contribution in [1.29, 1.82) is 0 Å². The molecule has 4 heteroatoms. The Bertz CT molecular complexity index is 973. The van der Waals surface area contributed by atoms with Crippen LogP contribution in [0.15, 0.2) is 71.3 Å². The molecule has 0 spiro atoms. The number of hydrogen-bond donors (Lipinski definition) is 1. The second-order valence-corrected chi connectivity index (χ2v) is 9.41. The van der Waals surface area contributed by atoms with Crippen LogP contribution in [-0.2, 0) is 4.79 Å². The average Bonchev–Trinajstić information content (AvgIpc) is 3.30. The molecule has 3 rings (SSSR count). The molecule has 1 heterocycles. The first-order chi connectivity index (χ1) is 15.8. The molecule has 0 saturated heterocycles. The zero-order valence-corrected chi connectivity index (χ0v) is 20.5. The number of aryl methyl sites for hydroxylation is 1. The van der Waals surface area contributed by atoms with Gasteiger partial charge in [0.2, 0.25) is 5.91 Å². The highest BCUT2D eigenvalue weighted by Gasteiger charge is 2.21. The average molecular weight is 448 g/mol. The van der Waals surface area contributed by atoms with Crippen molar-refractivity contribution in [2.45, 2.75) is 65.4 Å². The smallest absolute Gasteiger partial charge is 0.220 e. The normalized spacial score (nSPS) is 13.2. The van der Waals surface area contributed by atoms with Gasteiger partial charge in [-0.15, -0.1) is 0 Å². The molecule has 0 saturated carbocycles. The molecule has 1 aromatic heterocycles. The Morgan fingerprint density at radius 1 is 0.939 bits per heavy atom. The molecule has 2 aromatic carbocycles. The van der Waals surface area contributed by atoms with Gasteiger partial charge in [0.15, 0.2) is 0 Å². The van der Waals surface area contributed by atoms with Crippen molar-refractivity contribution < 1.29 is 13.9 Å². The van der Waals surface area contributed by atoms with E-state index in [-0.39, 0.29) is 23.8 Å². The molecular weight excluding hydrogens is 410 g/mol. The summed E-state index contributed by atoms with van der Waals surface area (Å²) in [5.74, 6) is 2.51. The molecular formula is C29H37NO3. The van der Waals surface area contributed by atoms with E-state index in [1.54, 1.807) is 6.26 Å². The number of carbonyl (C=O) groups excluding carboxylic acids is 1. The van der Waals surface area contributed by atoms with Crippen molar-refractivity contribution in [1.82, 2.24) is 5.32 Å². The Kier molecular flexibility index (Phi) is 8.76. The van der Waals surface area contributed by atoms with E-state index < -0.39 is 0 Å². The number of rotatable bonds is 11. The van der Waals surface area contributed by atoms with Gasteiger partial charge >= 0.3 is 0 Å². The third kappa shape index (κ3) is 7.24. The van der Waals surface area contributed by atoms with Gasteiger partial charge in [-0.25, -0.2) is 0 Å². The van der Waals surface area contributed by atoms with E-state index in [9.17, 15) is 4.79 Å². The molecule has 0 aliphatic heterocycles. The van der Waals surface area contributed by atoms with E-state index in [2.05, 4.69) is 62.5 Å². The Labute approximate surface area is 198 Å². The van der Waals surface area contributed by atoms with Crippen LogP contribution < -0.4 is 10.1 Å². The molecule has 1 N–H and O–H groups in total. The molecule has 176 valence electrons. The lowest BCUT2D eigenvalue weighted by Crippen LogP contribution is -2.28. The van der Waals surface area contributed by atoms with Gasteiger partial charge in [0.25, 0.3) is 0 Å². The first-order valence-corrected chi connectivity index (χ1v) is 12.0. The molecule has 0 radical (unpaired) electrons. The summed E-state index contributed by atoms with van der Waals surface area (Å²) >= 11 is 0. The highest BCUT2D eigenvalue weighted by atomic mass is 16.5. The van der Waals surface area contributed by atoms with Gasteiger partial charge in [0, 0.05) is 18.9 Å². The molecule has 0 aliphatic carbocycles. The predicted octanol–water partition coefficient (Wildman–Crippen LogP) is 6.84. The second kappa shape index (κ2) is 11.7. The first-order valence-electron chi connectivity index (χ1n) is 12.0. The molecule has 3 aromatic rings. The highest BCUT2D eigenvalue weighted by Crippen LogP contribution is 2.30. The quantitative estimate of drug-likeness (QED) is 0.350. The van der Waals surface area contributed by atoms with Crippen LogP contribution in [0.2, 0.25) is 0 Å². The van der Waals surface area contributed by atoms with Crippen molar-refractivity contribution in [2.24, 2.45) is 5.92 Å². The van der Waals surface area contributed by atoms with E-state index in [1.165, 1.54) is 16.7 Å². The van der Waals surface area contributed by atoms with Crippen molar-refractivity contribution >= 4 is 5.91 Å². The van der Waals surface area contributed by atoms with Gasteiger partial charge in [-0.1, -0.05) is 55.8 Å². The number of ether oxygens (including phenoxy) is 1. The van der Waals surface area contributed by atoms with E-state index in [4.69, 9.17) is 9.15 Å². The number of benzene rings is 2. The fourth-order valence-electron chi connectivity index (χ4n) is 4.19. The first kappa shape index (κ1) is 24.6. The van der Waals surface area contributed by atoms with Crippen LogP contribution in [-0.4, -0.2) is 18.6 Å². The topological polar surface area (TPSA) is 51.5 Å². The number of hydrogen-bond acceptors (Lipinski definition) is 3. The predicted molar refractivity (Wildman–Crippen MR) is 134 cm³/mol. The minimum atomic E-state index is 0.0818. The van der Waals surface area contributed by atoms with Crippen molar-refractivity contribution in [2.75, 3.05) is 6.54 Å². The third-order valence-corrected chi connectivity index (χ3v) is 6.01. The summed E-state index contributed by atoms with van der Waals surface area (Å²) in [5.41, 5.74) is 3.60. The van der Waals surface area contributed by atoms with Crippen LogP contribution in [0.4, 0.5) is 0 Å². The molecule has 2 atom stereocenters. The fraction of sp³-hybridized carbons (Fsp3) is 0.414.